The van der Waals surface area contributed by atoms with Crippen LogP contribution in [0, 0.1) is 12.8 Å². The lowest BCUT2D eigenvalue weighted by Crippen LogP contribution is -2.12. The topological polar surface area (TPSA) is 48.9 Å². The third-order valence-corrected chi connectivity index (χ3v) is 3.38. The van der Waals surface area contributed by atoms with E-state index in [4.69, 9.17) is 0 Å². The minimum atomic E-state index is 0.0720. The highest BCUT2D eigenvalue weighted by molar-refractivity contribution is 5.62. The van der Waals surface area contributed by atoms with Crippen LogP contribution < -0.4 is 0 Å². The molecule has 0 radical (unpaired) electrons. The average molecular weight is 244 g/mol. The monoisotopic (exact) mass is 244 g/mol. The fourth-order valence-corrected chi connectivity index (χ4v) is 2.15. The number of hydrogen-bond donors (Lipinski definition) is 2. The number of imidazole rings is 1. The Morgan fingerprint density at radius 3 is 2.61 bits per heavy atom. The second-order valence-corrected chi connectivity index (χ2v) is 5.03. The smallest absolute Gasteiger partial charge is 0.112 e. The van der Waals surface area contributed by atoms with Crippen molar-refractivity contribution < 1.29 is 5.11 Å². The lowest BCUT2D eigenvalue weighted by atomic mass is 9.96. The number of rotatable bonds is 4. The molecule has 0 aliphatic carbocycles. The molecular formula is C15H20N2O. The molecule has 3 nitrogen and oxygen atoms in total. The van der Waals surface area contributed by atoms with E-state index in [1.807, 2.05) is 18.3 Å². The van der Waals surface area contributed by atoms with Gasteiger partial charge in [0.25, 0.3) is 0 Å². The van der Waals surface area contributed by atoms with Crippen molar-refractivity contribution in [3.63, 3.8) is 0 Å². The van der Waals surface area contributed by atoms with Gasteiger partial charge in [0.1, 0.15) is 5.82 Å². The number of aliphatic hydroxyl groups is 1. The molecule has 1 unspecified atom stereocenters. The fourth-order valence-electron chi connectivity index (χ4n) is 2.15. The number of aromatic nitrogens is 2. The van der Waals surface area contributed by atoms with Crippen LogP contribution in [0.1, 0.15) is 31.2 Å². The number of benzene rings is 1. The first-order valence-electron chi connectivity index (χ1n) is 6.35. The minimum absolute atomic E-state index is 0.0720. The number of nitrogens with zero attached hydrogens (tertiary/aromatic N) is 1. The zero-order valence-corrected chi connectivity index (χ0v) is 11.1. The van der Waals surface area contributed by atoms with Gasteiger partial charge < -0.3 is 10.1 Å². The molecular weight excluding hydrogens is 224 g/mol. The molecule has 2 N–H and O–H groups in total. The number of aryl methyl sites for hydroxylation is 1. The van der Waals surface area contributed by atoms with E-state index in [9.17, 15) is 5.11 Å². The van der Waals surface area contributed by atoms with Crippen molar-refractivity contribution in [2.45, 2.75) is 26.7 Å². The van der Waals surface area contributed by atoms with Crippen molar-refractivity contribution in [1.82, 2.24) is 9.97 Å². The minimum Gasteiger partial charge on any atom is -0.396 e. The van der Waals surface area contributed by atoms with Gasteiger partial charge in [0, 0.05) is 11.5 Å². The van der Waals surface area contributed by atoms with E-state index in [-0.39, 0.29) is 12.5 Å². The van der Waals surface area contributed by atoms with Gasteiger partial charge in [-0.25, -0.2) is 4.98 Å². The second kappa shape index (κ2) is 5.36. The van der Waals surface area contributed by atoms with Crippen LogP contribution in [0.15, 0.2) is 30.5 Å². The molecule has 0 fully saturated rings. The molecule has 18 heavy (non-hydrogen) atoms. The molecule has 3 heteroatoms. The molecule has 2 rings (SSSR count). The second-order valence-electron chi connectivity index (χ2n) is 5.03. The zero-order chi connectivity index (χ0) is 13.1. The molecule has 96 valence electrons. The van der Waals surface area contributed by atoms with Crippen molar-refractivity contribution in [3.8, 4) is 11.3 Å². The average Bonchev–Trinajstić information content (AvgIpc) is 2.79. The van der Waals surface area contributed by atoms with Crippen molar-refractivity contribution in [2.24, 2.45) is 5.92 Å². The molecule has 2 aromatic rings. The van der Waals surface area contributed by atoms with Crippen LogP contribution in [0.25, 0.3) is 11.3 Å². The summed E-state index contributed by atoms with van der Waals surface area (Å²) in [5.74, 6) is 1.30. The zero-order valence-electron chi connectivity index (χ0n) is 11.1. The van der Waals surface area contributed by atoms with Crippen LogP contribution in [-0.2, 0) is 0 Å². The summed E-state index contributed by atoms with van der Waals surface area (Å²) in [5.41, 5.74) is 3.40. The predicted molar refractivity (Wildman–Crippen MR) is 73.4 cm³/mol. The van der Waals surface area contributed by atoms with Crippen molar-refractivity contribution >= 4 is 0 Å². The van der Waals surface area contributed by atoms with Gasteiger partial charge >= 0.3 is 0 Å². The highest BCUT2D eigenvalue weighted by atomic mass is 16.3. The normalized spacial score (nSPS) is 12.9. The van der Waals surface area contributed by atoms with E-state index in [1.165, 1.54) is 5.56 Å². The summed E-state index contributed by atoms with van der Waals surface area (Å²) in [6, 6.07) is 8.22. The molecule has 0 aliphatic rings. The molecule has 1 heterocycles. The quantitative estimate of drug-likeness (QED) is 0.868. The molecule has 1 aromatic carbocycles. The van der Waals surface area contributed by atoms with E-state index < -0.39 is 0 Å². The summed E-state index contributed by atoms with van der Waals surface area (Å²) < 4.78 is 0. The third kappa shape index (κ3) is 2.46. The summed E-state index contributed by atoms with van der Waals surface area (Å²) in [7, 11) is 0. The number of H-pyrrole nitrogens is 1. The number of nitrogens with one attached hydrogen (secondary N) is 1. The van der Waals surface area contributed by atoms with Gasteiger partial charge in [-0.1, -0.05) is 38.1 Å². The highest BCUT2D eigenvalue weighted by Crippen LogP contribution is 2.26. The maximum absolute atomic E-state index is 9.42. The number of aromatic amines is 1. The lowest BCUT2D eigenvalue weighted by molar-refractivity contribution is 0.232. The molecule has 0 spiro atoms. The maximum atomic E-state index is 9.42. The van der Waals surface area contributed by atoms with Crippen LogP contribution in [0.2, 0.25) is 0 Å². The third-order valence-electron chi connectivity index (χ3n) is 3.38. The Morgan fingerprint density at radius 1 is 1.28 bits per heavy atom. The Bertz CT molecular complexity index is 517. The van der Waals surface area contributed by atoms with Gasteiger partial charge in [0.15, 0.2) is 0 Å². The first kappa shape index (κ1) is 12.8. The SMILES string of the molecule is Cc1ccccc1-c1cnc(C(CO)C(C)C)[nH]1. The van der Waals surface area contributed by atoms with E-state index >= 15 is 0 Å². The van der Waals surface area contributed by atoms with E-state index in [2.05, 4.69) is 42.9 Å². The summed E-state index contributed by atoms with van der Waals surface area (Å²) in [4.78, 5) is 7.74. The Balaban J connectivity index is 2.34. The van der Waals surface area contributed by atoms with Crippen LogP contribution in [0.3, 0.4) is 0 Å². The van der Waals surface area contributed by atoms with Gasteiger partial charge in [-0.05, 0) is 18.4 Å². The predicted octanol–water partition coefficient (Wildman–Crippen LogP) is 3.12. The number of hydrogen-bond acceptors (Lipinski definition) is 2. The maximum Gasteiger partial charge on any atom is 0.112 e. The lowest BCUT2D eigenvalue weighted by Gasteiger charge is -2.15. The van der Waals surface area contributed by atoms with Crippen LogP contribution in [0.5, 0.6) is 0 Å². The molecule has 0 bridgehead atoms. The largest absolute Gasteiger partial charge is 0.396 e. The van der Waals surface area contributed by atoms with Crippen LogP contribution in [-0.4, -0.2) is 21.7 Å². The Hall–Kier alpha value is -1.61. The Labute approximate surface area is 108 Å². The van der Waals surface area contributed by atoms with Crippen LogP contribution >= 0.6 is 0 Å². The van der Waals surface area contributed by atoms with Crippen molar-refractivity contribution in [2.75, 3.05) is 6.61 Å². The summed E-state index contributed by atoms with van der Waals surface area (Å²) in [6.45, 7) is 6.40. The van der Waals surface area contributed by atoms with Gasteiger partial charge in [0.05, 0.1) is 18.5 Å². The molecule has 1 aromatic heterocycles. The first-order chi connectivity index (χ1) is 8.63. The highest BCUT2D eigenvalue weighted by Gasteiger charge is 2.18. The van der Waals surface area contributed by atoms with E-state index in [1.54, 1.807) is 0 Å². The molecule has 1 atom stereocenters. The fraction of sp³-hybridized carbons (Fsp3) is 0.400. The van der Waals surface area contributed by atoms with Crippen molar-refractivity contribution in [1.29, 1.82) is 0 Å². The first-order valence-corrected chi connectivity index (χ1v) is 6.35. The van der Waals surface area contributed by atoms with E-state index in [0.717, 1.165) is 17.1 Å². The van der Waals surface area contributed by atoms with Crippen LogP contribution in [0.4, 0.5) is 0 Å². The van der Waals surface area contributed by atoms with Crippen molar-refractivity contribution in [3.05, 3.63) is 41.9 Å². The van der Waals surface area contributed by atoms with E-state index in [0.29, 0.717) is 5.92 Å². The molecule has 0 saturated heterocycles. The molecule has 0 aliphatic heterocycles. The number of aliphatic hydroxyl groups excluding tert-OH is 1. The molecule has 0 amide bonds. The Kier molecular flexibility index (Phi) is 3.82. The summed E-state index contributed by atoms with van der Waals surface area (Å²) >= 11 is 0. The molecule has 0 saturated carbocycles. The summed E-state index contributed by atoms with van der Waals surface area (Å²) in [5, 5.41) is 9.42. The van der Waals surface area contributed by atoms with Gasteiger partial charge in [0.2, 0.25) is 0 Å². The van der Waals surface area contributed by atoms with Gasteiger partial charge in [-0.15, -0.1) is 0 Å². The van der Waals surface area contributed by atoms with Gasteiger partial charge in [-0.2, -0.15) is 0 Å². The standard InChI is InChI=1S/C15H20N2O/c1-10(2)13(9-18)15-16-8-14(17-15)12-7-5-4-6-11(12)3/h4-8,10,13,18H,9H2,1-3H3,(H,16,17). The summed E-state index contributed by atoms with van der Waals surface area (Å²) in [6.07, 6.45) is 1.85. The van der Waals surface area contributed by atoms with Gasteiger partial charge in [-0.3, -0.25) is 0 Å². The Morgan fingerprint density at radius 2 is 2.00 bits per heavy atom.